The molecule has 29 heavy (non-hydrogen) atoms. The number of fused-ring (bicyclic) bond motifs is 1. The molecule has 0 aliphatic carbocycles. The van der Waals surface area contributed by atoms with Crippen LogP contribution < -0.4 is 5.32 Å². The van der Waals surface area contributed by atoms with Crippen LogP contribution in [0.4, 0.5) is 5.69 Å². The molecule has 0 bridgehead atoms. The van der Waals surface area contributed by atoms with Crippen LogP contribution in [0.15, 0.2) is 63.9 Å². The van der Waals surface area contributed by atoms with Gasteiger partial charge in [0.25, 0.3) is 0 Å². The van der Waals surface area contributed by atoms with Crippen LogP contribution in [0.5, 0.6) is 0 Å². The van der Waals surface area contributed by atoms with Gasteiger partial charge < -0.3 is 14.5 Å². The van der Waals surface area contributed by atoms with Gasteiger partial charge >= 0.3 is 5.97 Å². The van der Waals surface area contributed by atoms with E-state index in [2.05, 4.69) is 5.32 Å². The van der Waals surface area contributed by atoms with Crippen molar-refractivity contribution in [3.05, 3.63) is 60.4 Å². The summed E-state index contributed by atoms with van der Waals surface area (Å²) in [4.78, 5) is 24.8. The highest BCUT2D eigenvalue weighted by molar-refractivity contribution is 7.91. The Labute approximate surface area is 168 Å². The number of carbonyl (C=O) groups excluding carboxylic acids is 2. The molecule has 0 saturated heterocycles. The highest BCUT2D eigenvalue weighted by atomic mass is 32.2. The number of ether oxygens (including phenoxy) is 1. The minimum absolute atomic E-state index is 0.0200. The third-order valence-electron chi connectivity index (χ3n) is 4.24. The van der Waals surface area contributed by atoms with Crippen molar-refractivity contribution in [1.82, 2.24) is 0 Å². The van der Waals surface area contributed by atoms with Crippen molar-refractivity contribution >= 4 is 38.4 Å². The van der Waals surface area contributed by atoms with Crippen molar-refractivity contribution in [2.24, 2.45) is 0 Å². The van der Waals surface area contributed by atoms with Gasteiger partial charge in [0.2, 0.25) is 11.7 Å². The number of rotatable bonds is 8. The minimum atomic E-state index is -3.45. The number of esters is 1. The summed E-state index contributed by atoms with van der Waals surface area (Å²) < 4.78 is 35.2. The third-order valence-corrected chi connectivity index (χ3v) is 6.06. The maximum atomic E-state index is 12.4. The van der Waals surface area contributed by atoms with Gasteiger partial charge in [-0.1, -0.05) is 30.3 Å². The molecule has 0 radical (unpaired) electrons. The van der Waals surface area contributed by atoms with Crippen molar-refractivity contribution in [3.8, 4) is 0 Å². The van der Waals surface area contributed by atoms with E-state index in [1.54, 1.807) is 49.4 Å². The zero-order valence-corrected chi connectivity index (χ0v) is 16.7. The lowest BCUT2D eigenvalue weighted by Gasteiger charge is -2.07. The lowest BCUT2D eigenvalue weighted by atomic mass is 10.2. The number of amides is 1. The molecular weight excluding hydrogens is 394 g/mol. The average Bonchev–Trinajstić information content (AvgIpc) is 3.07. The molecule has 1 amide bonds. The standard InChI is InChI=1S/C21H21NO6S/c1-2-27-21(24)20-19(16-11-6-7-12-17(16)28-20)22-18(23)13-8-14-29(25,26)15-9-4-3-5-10-15/h3-7,9-12H,2,8,13-14H2,1H3,(H,22,23). The maximum absolute atomic E-state index is 12.4. The molecule has 3 aromatic rings. The predicted octanol–water partition coefficient (Wildman–Crippen LogP) is 3.80. The topological polar surface area (TPSA) is 103 Å². The Morgan fingerprint density at radius 2 is 1.72 bits per heavy atom. The first-order valence-corrected chi connectivity index (χ1v) is 10.8. The van der Waals surface area contributed by atoms with Gasteiger partial charge in [-0.15, -0.1) is 0 Å². The monoisotopic (exact) mass is 415 g/mol. The SMILES string of the molecule is CCOC(=O)c1oc2ccccc2c1NC(=O)CCCS(=O)(=O)c1ccccc1. The average molecular weight is 415 g/mol. The van der Waals surface area contributed by atoms with Gasteiger partial charge in [0, 0.05) is 11.8 Å². The second-order valence-electron chi connectivity index (χ2n) is 6.31. The van der Waals surface area contributed by atoms with Gasteiger partial charge in [-0.25, -0.2) is 13.2 Å². The summed E-state index contributed by atoms with van der Waals surface area (Å²) in [7, 11) is -3.45. The normalized spacial score (nSPS) is 11.3. The number of carbonyl (C=O) groups is 2. The predicted molar refractivity (Wildman–Crippen MR) is 109 cm³/mol. The van der Waals surface area contributed by atoms with Crippen LogP contribution in [0.25, 0.3) is 11.0 Å². The summed E-state index contributed by atoms with van der Waals surface area (Å²) in [6.07, 6.45) is 0.126. The second kappa shape index (κ2) is 8.91. The van der Waals surface area contributed by atoms with Gasteiger partial charge in [-0.05, 0) is 37.6 Å². The fourth-order valence-corrected chi connectivity index (χ4v) is 4.21. The molecule has 0 spiro atoms. The van der Waals surface area contributed by atoms with E-state index < -0.39 is 21.7 Å². The van der Waals surface area contributed by atoms with E-state index in [9.17, 15) is 18.0 Å². The number of hydrogen-bond acceptors (Lipinski definition) is 6. The number of furan rings is 1. The second-order valence-corrected chi connectivity index (χ2v) is 8.42. The van der Waals surface area contributed by atoms with Gasteiger partial charge in [0.1, 0.15) is 11.3 Å². The van der Waals surface area contributed by atoms with Gasteiger partial charge in [0.15, 0.2) is 9.84 Å². The van der Waals surface area contributed by atoms with Crippen molar-refractivity contribution in [3.63, 3.8) is 0 Å². The highest BCUT2D eigenvalue weighted by Gasteiger charge is 2.23. The summed E-state index contributed by atoms with van der Waals surface area (Å²) in [5, 5.41) is 3.24. The Bertz CT molecular complexity index is 1120. The molecule has 1 N–H and O–H groups in total. The van der Waals surface area contributed by atoms with E-state index in [4.69, 9.17) is 9.15 Å². The highest BCUT2D eigenvalue weighted by Crippen LogP contribution is 2.31. The van der Waals surface area contributed by atoms with Crippen molar-refractivity contribution in [1.29, 1.82) is 0 Å². The molecule has 7 nitrogen and oxygen atoms in total. The fraction of sp³-hybridized carbons (Fsp3) is 0.238. The first kappa shape index (κ1) is 20.6. The quantitative estimate of drug-likeness (QED) is 0.561. The van der Waals surface area contributed by atoms with Crippen LogP contribution in [-0.2, 0) is 19.4 Å². The van der Waals surface area contributed by atoms with Crippen LogP contribution in [0.1, 0.15) is 30.3 Å². The van der Waals surface area contributed by atoms with Gasteiger partial charge in [-0.2, -0.15) is 0 Å². The Morgan fingerprint density at radius 1 is 1.03 bits per heavy atom. The van der Waals surface area contributed by atoms with Crippen LogP contribution >= 0.6 is 0 Å². The first-order chi connectivity index (χ1) is 13.9. The van der Waals surface area contributed by atoms with Crippen LogP contribution in [0.2, 0.25) is 0 Å². The van der Waals surface area contributed by atoms with Crippen molar-refractivity contribution < 1.29 is 27.2 Å². The zero-order valence-electron chi connectivity index (χ0n) is 15.9. The first-order valence-electron chi connectivity index (χ1n) is 9.18. The number of sulfone groups is 1. The fourth-order valence-electron chi connectivity index (χ4n) is 2.88. The molecule has 2 aromatic carbocycles. The Morgan fingerprint density at radius 3 is 2.45 bits per heavy atom. The third kappa shape index (κ3) is 4.83. The van der Waals surface area contributed by atoms with Crippen LogP contribution in [0, 0.1) is 0 Å². The van der Waals surface area contributed by atoms with E-state index in [1.165, 1.54) is 12.1 Å². The number of nitrogens with one attached hydrogen (secondary N) is 1. The molecule has 0 aliphatic rings. The van der Waals surface area contributed by atoms with E-state index in [-0.39, 0.29) is 41.5 Å². The van der Waals surface area contributed by atoms with Gasteiger partial charge in [-0.3, -0.25) is 4.79 Å². The van der Waals surface area contributed by atoms with Crippen LogP contribution in [-0.4, -0.2) is 32.7 Å². The molecule has 0 aliphatic heterocycles. The molecule has 0 saturated carbocycles. The largest absolute Gasteiger partial charge is 0.460 e. The summed E-state index contributed by atoms with van der Waals surface area (Å²) in [5.41, 5.74) is 0.674. The van der Waals surface area contributed by atoms with Crippen molar-refractivity contribution in [2.75, 3.05) is 17.7 Å². The van der Waals surface area contributed by atoms with E-state index in [0.29, 0.717) is 11.0 Å². The lowest BCUT2D eigenvalue weighted by Crippen LogP contribution is -2.16. The molecule has 1 aromatic heterocycles. The van der Waals surface area contributed by atoms with E-state index in [1.807, 2.05) is 0 Å². The molecule has 152 valence electrons. The molecule has 0 fully saturated rings. The number of para-hydroxylation sites is 1. The number of anilines is 1. The maximum Gasteiger partial charge on any atom is 0.376 e. The molecule has 3 rings (SSSR count). The molecular formula is C21H21NO6S. The van der Waals surface area contributed by atoms with E-state index in [0.717, 1.165) is 0 Å². The number of benzene rings is 2. The molecule has 0 unspecified atom stereocenters. The molecule has 1 heterocycles. The minimum Gasteiger partial charge on any atom is -0.460 e. The van der Waals surface area contributed by atoms with Gasteiger partial charge in [0.05, 0.1) is 17.3 Å². The summed E-state index contributed by atoms with van der Waals surface area (Å²) >= 11 is 0. The lowest BCUT2D eigenvalue weighted by molar-refractivity contribution is -0.116. The van der Waals surface area contributed by atoms with E-state index >= 15 is 0 Å². The molecule has 8 heteroatoms. The smallest absolute Gasteiger partial charge is 0.376 e. The van der Waals surface area contributed by atoms with Crippen molar-refractivity contribution in [2.45, 2.75) is 24.7 Å². The Kier molecular flexibility index (Phi) is 6.33. The van der Waals surface area contributed by atoms with Crippen LogP contribution in [0.3, 0.4) is 0 Å². The molecule has 0 atom stereocenters. The Hall–Kier alpha value is -3.13. The Balaban J connectivity index is 1.70. The summed E-state index contributed by atoms with van der Waals surface area (Å²) in [5.74, 6) is -1.32. The zero-order chi connectivity index (χ0) is 20.9. The summed E-state index contributed by atoms with van der Waals surface area (Å²) in [6.45, 7) is 1.84. The summed E-state index contributed by atoms with van der Waals surface area (Å²) in [6, 6.07) is 15.0. The number of hydrogen-bond donors (Lipinski definition) is 1.